The predicted molar refractivity (Wildman–Crippen MR) is 110 cm³/mol. The summed E-state index contributed by atoms with van der Waals surface area (Å²) in [6.45, 7) is 5.46. The molecule has 3 fully saturated rings. The highest BCUT2D eigenvalue weighted by atomic mass is 16.6. The molecule has 7 nitrogen and oxygen atoms in total. The van der Waals surface area contributed by atoms with Gasteiger partial charge in [0.15, 0.2) is 11.4 Å². The average Bonchev–Trinajstić information content (AvgIpc) is 2.99. The Kier molecular flexibility index (Phi) is 5.04. The summed E-state index contributed by atoms with van der Waals surface area (Å²) < 4.78 is 5.67. The van der Waals surface area contributed by atoms with Gasteiger partial charge in [-0.25, -0.2) is 4.79 Å². The first-order chi connectivity index (χ1) is 14.5. The fourth-order valence-corrected chi connectivity index (χ4v) is 7.34. The molecular formula is C24H30O7. The summed E-state index contributed by atoms with van der Waals surface area (Å²) in [7, 11) is 0. The predicted octanol–water partition coefficient (Wildman–Crippen LogP) is 2.61. The second-order valence-electron chi connectivity index (χ2n) is 10.0. The van der Waals surface area contributed by atoms with E-state index in [1.54, 1.807) is 19.1 Å². The van der Waals surface area contributed by atoms with Crippen LogP contribution in [0.15, 0.2) is 23.8 Å². The molecule has 0 aromatic rings. The molecule has 7 heteroatoms. The molecule has 0 heterocycles. The summed E-state index contributed by atoms with van der Waals surface area (Å²) in [5, 5.41) is 21.0. The molecular weight excluding hydrogens is 400 g/mol. The minimum absolute atomic E-state index is 0.0255. The van der Waals surface area contributed by atoms with Crippen LogP contribution in [0.4, 0.5) is 0 Å². The molecule has 0 radical (unpaired) electrons. The molecule has 4 aliphatic carbocycles. The summed E-state index contributed by atoms with van der Waals surface area (Å²) in [5.74, 6) is -3.56. The summed E-state index contributed by atoms with van der Waals surface area (Å²) in [6, 6.07) is 0. The number of hydrogen-bond donors (Lipinski definition) is 2. The maximum atomic E-state index is 13.0. The quantitative estimate of drug-likeness (QED) is 0.520. The molecule has 0 amide bonds. The lowest BCUT2D eigenvalue weighted by molar-refractivity contribution is -0.201. The van der Waals surface area contributed by atoms with Crippen molar-refractivity contribution in [3.8, 4) is 0 Å². The lowest BCUT2D eigenvalue weighted by atomic mass is 9.46. The maximum absolute atomic E-state index is 13.0. The number of carbonyl (C=O) groups excluding carboxylic acids is 3. The SMILES string of the molecule is CCC(=O)O[C@]1(C(=O)C(=O)O)CC[C@H]2[C@@H]3CCC4=CC(=O)C=C[C@]4(C)[C@H]3[C@@H](O)C[C@@]21C. The number of carboxylic acids is 1. The first kappa shape index (κ1) is 21.9. The molecule has 0 bridgehead atoms. The number of esters is 1. The molecule has 0 aromatic carbocycles. The number of Topliss-reactive ketones (excluding diaryl/α,β-unsaturated/α-hetero) is 1. The van der Waals surface area contributed by atoms with Crippen molar-refractivity contribution in [3.63, 3.8) is 0 Å². The molecule has 7 atom stereocenters. The highest BCUT2D eigenvalue weighted by molar-refractivity contribution is 6.36. The number of aliphatic carboxylic acids is 1. The van der Waals surface area contributed by atoms with Crippen LogP contribution in [-0.2, 0) is 23.9 Å². The molecule has 168 valence electrons. The maximum Gasteiger partial charge on any atom is 0.376 e. The zero-order valence-corrected chi connectivity index (χ0v) is 18.2. The van der Waals surface area contributed by atoms with Gasteiger partial charge in [0.1, 0.15) is 0 Å². The van der Waals surface area contributed by atoms with Crippen LogP contribution in [-0.4, -0.2) is 45.4 Å². The molecule has 31 heavy (non-hydrogen) atoms. The van der Waals surface area contributed by atoms with Gasteiger partial charge in [0, 0.05) is 23.2 Å². The fraction of sp³-hybridized carbons (Fsp3) is 0.667. The first-order valence-electron chi connectivity index (χ1n) is 11.1. The van der Waals surface area contributed by atoms with Crippen LogP contribution < -0.4 is 0 Å². The number of rotatable bonds is 4. The topological polar surface area (TPSA) is 118 Å². The Bertz CT molecular complexity index is 917. The number of aliphatic hydroxyl groups excluding tert-OH is 1. The molecule has 0 saturated heterocycles. The van der Waals surface area contributed by atoms with Crippen molar-refractivity contribution < 1.29 is 34.1 Å². The van der Waals surface area contributed by atoms with Gasteiger partial charge in [-0.3, -0.25) is 14.4 Å². The third-order valence-electron chi connectivity index (χ3n) is 8.75. The van der Waals surface area contributed by atoms with Crippen molar-refractivity contribution in [3.05, 3.63) is 23.8 Å². The van der Waals surface area contributed by atoms with Gasteiger partial charge < -0.3 is 14.9 Å². The van der Waals surface area contributed by atoms with E-state index in [-0.39, 0.29) is 42.8 Å². The average molecular weight is 430 g/mol. The van der Waals surface area contributed by atoms with E-state index in [2.05, 4.69) is 0 Å². The van der Waals surface area contributed by atoms with Crippen LogP contribution in [0.2, 0.25) is 0 Å². The van der Waals surface area contributed by atoms with Crippen molar-refractivity contribution in [2.24, 2.45) is 28.6 Å². The van der Waals surface area contributed by atoms with E-state index in [4.69, 9.17) is 4.74 Å². The van der Waals surface area contributed by atoms with Crippen molar-refractivity contribution in [2.45, 2.75) is 71.0 Å². The Labute approximate surface area is 181 Å². The summed E-state index contributed by atoms with van der Waals surface area (Å²) in [5.41, 5.74) is -2.18. The molecule has 0 spiro atoms. The summed E-state index contributed by atoms with van der Waals surface area (Å²) >= 11 is 0. The van der Waals surface area contributed by atoms with Gasteiger partial charge in [-0.1, -0.05) is 32.4 Å². The Balaban J connectivity index is 1.78. The molecule has 4 rings (SSSR count). The lowest BCUT2D eigenvalue weighted by Crippen LogP contribution is -2.63. The molecule has 4 aliphatic rings. The zero-order valence-electron chi connectivity index (χ0n) is 18.2. The fourth-order valence-electron chi connectivity index (χ4n) is 7.34. The monoisotopic (exact) mass is 430 g/mol. The third-order valence-corrected chi connectivity index (χ3v) is 8.75. The van der Waals surface area contributed by atoms with Crippen molar-refractivity contribution in [1.29, 1.82) is 0 Å². The Morgan fingerprint density at radius 1 is 1.23 bits per heavy atom. The minimum atomic E-state index is -1.77. The van der Waals surface area contributed by atoms with Gasteiger partial charge in [0.2, 0.25) is 0 Å². The van der Waals surface area contributed by atoms with E-state index in [1.165, 1.54) is 0 Å². The van der Waals surface area contributed by atoms with E-state index in [0.717, 1.165) is 12.0 Å². The number of aliphatic hydroxyl groups is 1. The van der Waals surface area contributed by atoms with Crippen molar-refractivity contribution >= 4 is 23.5 Å². The Morgan fingerprint density at radius 2 is 1.94 bits per heavy atom. The third kappa shape index (κ3) is 2.89. The number of ether oxygens (including phenoxy) is 1. The van der Waals surface area contributed by atoms with Crippen LogP contribution in [0.1, 0.15) is 59.3 Å². The minimum Gasteiger partial charge on any atom is -0.475 e. The second-order valence-corrected chi connectivity index (χ2v) is 10.0. The van der Waals surface area contributed by atoms with Crippen LogP contribution in [0.25, 0.3) is 0 Å². The van der Waals surface area contributed by atoms with E-state index < -0.39 is 40.3 Å². The van der Waals surface area contributed by atoms with Gasteiger partial charge >= 0.3 is 11.9 Å². The van der Waals surface area contributed by atoms with E-state index in [0.29, 0.717) is 12.8 Å². The number of hydrogen-bond acceptors (Lipinski definition) is 6. The van der Waals surface area contributed by atoms with Gasteiger partial charge in [-0.2, -0.15) is 0 Å². The standard InChI is InChI=1S/C24H30O7/c1-4-18(27)31-24(20(28)21(29)30)10-8-16-15-6-5-13-11-14(25)7-9-22(13,2)19(15)17(26)12-23(16,24)3/h7,9,11,15-17,19,26H,4-6,8,10,12H2,1-3H3,(H,29,30)/t15-,16-,17-,19+,22-,23-,24-/m0/s1. The number of allylic oxidation sites excluding steroid dienone is 4. The number of ketones is 2. The lowest BCUT2D eigenvalue weighted by Gasteiger charge is -2.59. The Morgan fingerprint density at radius 3 is 2.58 bits per heavy atom. The molecule has 0 unspecified atom stereocenters. The first-order valence-corrected chi connectivity index (χ1v) is 11.1. The molecule has 0 aliphatic heterocycles. The highest BCUT2D eigenvalue weighted by Crippen LogP contribution is 2.67. The van der Waals surface area contributed by atoms with Gasteiger partial charge in [-0.15, -0.1) is 0 Å². The molecule has 2 N–H and O–H groups in total. The highest BCUT2D eigenvalue weighted by Gasteiger charge is 2.71. The second kappa shape index (κ2) is 7.12. The molecule has 3 saturated carbocycles. The van der Waals surface area contributed by atoms with E-state index >= 15 is 0 Å². The summed E-state index contributed by atoms with van der Waals surface area (Å²) in [6.07, 6.45) is 6.66. The van der Waals surface area contributed by atoms with Crippen molar-refractivity contribution in [1.82, 2.24) is 0 Å². The van der Waals surface area contributed by atoms with Crippen LogP contribution in [0.3, 0.4) is 0 Å². The number of carbonyl (C=O) groups is 4. The smallest absolute Gasteiger partial charge is 0.376 e. The zero-order chi connectivity index (χ0) is 22.8. The number of carboxylic acid groups (broad SMARTS) is 1. The molecule has 0 aromatic heterocycles. The largest absolute Gasteiger partial charge is 0.475 e. The van der Waals surface area contributed by atoms with Crippen LogP contribution in [0, 0.1) is 28.6 Å². The van der Waals surface area contributed by atoms with E-state index in [9.17, 15) is 29.4 Å². The number of fused-ring (bicyclic) bond motifs is 5. The van der Waals surface area contributed by atoms with Crippen LogP contribution >= 0.6 is 0 Å². The summed E-state index contributed by atoms with van der Waals surface area (Å²) in [4.78, 5) is 48.9. The normalized spacial score (nSPS) is 43.4. The van der Waals surface area contributed by atoms with Gasteiger partial charge in [-0.05, 0) is 56.1 Å². The van der Waals surface area contributed by atoms with Gasteiger partial charge in [0.05, 0.1) is 6.10 Å². The van der Waals surface area contributed by atoms with E-state index in [1.807, 2.05) is 19.9 Å². The van der Waals surface area contributed by atoms with Crippen molar-refractivity contribution in [2.75, 3.05) is 0 Å². The Hall–Kier alpha value is -2.28. The van der Waals surface area contributed by atoms with Gasteiger partial charge in [0.25, 0.3) is 5.78 Å². The van der Waals surface area contributed by atoms with Crippen LogP contribution in [0.5, 0.6) is 0 Å².